The van der Waals surface area contributed by atoms with Crippen LogP contribution < -0.4 is 21.3 Å². The number of anilines is 4. The molecule has 12 heteroatoms. The molecule has 0 unspecified atom stereocenters. The van der Waals surface area contributed by atoms with E-state index in [2.05, 4.69) is 41.2 Å². The number of alkyl halides is 3. The summed E-state index contributed by atoms with van der Waals surface area (Å²) in [5.74, 6) is 0.485. The second-order valence-electron chi connectivity index (χ2n) is 4.61. The van der Waals surface area contributed by atoms with Gasteiger partial charge in [0, 0.05) is 20.6 Å². The molecule has 0 radical (unpaired) electrons. The van der Waals surface area contributed by atoms with Gasteiger partial charge in [-0.3, -0.25) is 0 Å². The van der Waals surface area contributed by atoms with E-state index in [1.165, 1.54) is 0 Å². The van der Waals surface area contributed by atoms with Crippen LogP contribution in [0.5, 0.6) is 0 Å². The third-order valence-corrected chi connectivity index (χ3v) is 2.85. The Morgan fingerprint density at radius 3 is 1.79 bits per heavy atom. The molecular formula is C12H17F3N8O. The van der Waals surface area contributed by atoms with Crippen LogP contribution in [0.2, 0.25) is 0 Å². The molecule has 0 saturated heterocycles. The number of aliphatic hydroxyl groups excluding tert-OH is 1. The normalized spacial score (nSPS) is 11.4. The number of rotatable bonds is 7. The maximum Gasteiger partial charge on any atom is 0.405 e. The van der Waals surface area contributed by atoms with Gasteiger partial charge in [-0.25, -0.2) is 9.97 Å². The molecule has 2 aromatic heterocycles. The first kappa shape index (κ1) is 17.7. The molecule has 2 heterocycles. The molecule has 24 heavy (non-hydrogen) atoms. The molecule has 0 spiro atoms. The summed E-state index contributed by atoms with van der Waals surface area (Å²) < 4.78 is 37.5. The molecular weight excluding hydrogens is 329 g/mol. The first-order chi connectivity index (χ1) is 11.4. The van der Waals surface area contributed by atoms with Crippen LogP contribution in [0.4, 0.5) is 36.7 Å². The van der Waals surface area contributed by atoms with Crippen molar-refractivity contribution in [2.75, 3.05) is 55.1 Å². The topological polar surface area (TPSA) is 120 Å². The number of halogens is 3. The lowest BCUT2D eigenvalue weighted by molar-refractivity contribution is -0.115. The van der Waals surface area contributed by atoms with E-state index in [9.17, 15) is 13.2 Å². The van der Waals surface area contributed by atoms with Gasteiger partial charge in [-0.1, -0.05) is 0 Å². The Hall–Kier alpha value is -2.63. The number of nitrogens with one attached hydrogen (secondary N) is 4. The standard InChI is InChI=1S/C12H17F3N8O/c1-16-10-21-7-6(8(22-10)18-3-4-24)20-11(17-2)23-9(7)19-5-12(13,14)15/h24H,3-5H2,1-2H3,(H2,16,18,21,22)(H2,17,19,20,23). The molecule has 0 bridgehead atoms. The molecule has 9 nitrogen and oxygen atoms in total. The minimum Gasteiger partial charge on any atom is -0.395 e. The number of hydrogen-bond acceptors (Lipinski definition) is 9. The van der Waals surface area contributed by atoms with Crippen LogP contribution in [-0.4, -0.2) is 65.0 Å². The Morgan fingerprint density at radius 2 is 1.38 bits per heavy atom. The van der Waals surface area contributed by atoms with Gasteiger partial charge < -0.3 is 26.4 Å². The zero-order chi connectivity index (χ0) is 17.7. The average Bonchev–Trinajstić information content (AvgIpc) is 2.56. The molecule has 0 aliphatic rings. The van der Waals surface area contributed by atoms with Gasteiger partial charge in [-0.2, -0.15) is 23.1 Å². The molecule has 132 valence electrons. The molecule has 0 amide bonds. The summed E-state index contributed by atoms with van der Waals surface area (Å²) >= 11 is 0. The summed E-state index contributed by atoms with van der Waals surface area (Å²) in [7, 11) is 3.11. The summed E-state index contributed by atoms with van der Waals surface area (Å²) in [6.45, 7) is -1.22. The van der Waals surface area contributed by atoms with Crippen molar-refractivity contribution in [2.45, 2.75) is 6.18 Å². The van der Waals surface area contributed by atoms with Crippen LogP contribution in [0.1, 0.15) is 0 Å². The first-order valence-electron chi connectivity index (χ1n) is 6.98. The van der Waals surface area contributed by atoms with Gasteiger partial charge in [0.15, 0.2) is 11.6 Å². The van der Waals surface area contributed by atoms with Crippen molar-refractivity contribution in [3.05, 3.63) is 0 Å². The molecule has 2 rings (SSSR count). The van der Waals surface area contributed by atoms with Gasteiger partial charge in [0.25, 0.3) is 0 Å². The van der Waals surface area contributed by atoms with Crippen LogP contribution in [0, 0.1) is 0 Å². The summed E-state index contributed by atoms with van der Waals surface area (Å²) in [4.78, 5) is 16.5. The second kappa shape index (κ2) is 7.29. The highest BCUT2D eigenvalue weighted by molar-refractivity contribution is 5.94. The Kier molecular flexibility index (Phi) is 5.39. The highest BCUT2D eigenvalue weighted by Gasteiger charge is 2.28. The molecule has 0 aliphatic carbocycles. The number of aromatic nitrogens is 4. The van der Waals surface area contributed by atoms with Crippen LogP contribution in [-0.2, 0) is 0 Å². The van der Waals surface area contributed by atoms with Gasteiger partial charge in [-0.05, 0) is 0 Å². The largest absolute Gasteiger partial charge is 0.405 e. The third-order valence-electron chi connectivity index (χ3n) is 2.85. The summed E-state index contributed by atoms with van der Waals surface area (Å²) in [5.41, 5.74) is 0.351. The van der Waals surface area contributed by atoms with Crippen LogP contribution >= 0.6 is 0 Å². The van der Waals surface area contributed by atoms with E-state index < -0.39 is 12.7 Å². The monoisotopic (exact) mass is 346 g/mol. The lowest BCUT2D eigenvalue weighted by Gasteiger charge is -2.14. The van der Waals surface area contributed by atoms with E-state index in [1.54, 1.807) is 14.1 Å². The molecule has 0 aromatic carbocycles. The SMILES string of the molecule is CNc1nc(NCC(F)(F)F)c2nc(NC)nc(NCCO)c2n1. The van der Waals surface area contributed by atoms with Crippen molar-refractivity contribution < 1.29 is 18.3 Å². The van der Waals surface area contributed by atoms with Gasteiger partial charge in [-0.15, -0.1) is 0 Å². The first-order valence-corrected chi connectivity index (χ1v) is 6.98. The highest BCUT2D eigenvalue weighted by atomic mass is 19.4. The lowest BCUT2D eigenvalue weighted by Crippen LogP contribution is -2.22. The van der Waals surface area contributed by atoms with Crippen molar-refractivity contribution >= 4 is 34.6 Å². The van der Waals surface area contributed by atoms with Gasteiger partial charge in [0.05, 0.1) is 6.61 Å². The molecule has 5 N–H and O–H groups in total. The summed E-state index contributed by atoms with van der Waals surface area (Å²) in [6, 6.07) is 0. The second-order valence-corrected chi connectivity index (χ2v) is 4.61. The van der Waals surface area contributed by atoms with Crippen molar-refractivity contribution in [1.29, 1.82) is 0 Å². The van der Waals surface area contributed by atoms with Gasteiger partial charge in [0.2, 0.25) is 11.9 Å². The Morgan fingerprint density at radius 1 is 0.875 bits per heavy atom. The number of fused-ring (bicyclic) bond motifs is 1. The smallest absolute Gasteiger partial charge is 0.395 e. The van der Waals surface area contributed by atoms with Crippen molar-refractivity contribution in [2.24, 2.45) is 0 Å². The molecule has 0 aliphatic heterocycles. The Bertz CT molecular complexity index is 709. The zero-order valence-electron chi connectivity index (χ0n) is 13.0. The predicted octanol–water partition coefficient (Wildman–Crippen LogP) is 0.882. The zero-order valence-corrected chi connectivity index (χ0v) is 13.0. The van der Waals surface area contributed by atoms with E-state index in [1.807, 2.05) is 0 Å². The minimum atomic E-state index is -4.41. The maximum absolute atomic E-state index is 12.5. The Balaban J connectivity index is 2.57. The van der Waals surface area contributed by atoms with E-state index in [0.717, 1.165) is 0 Å². The third kappa shape index (κ3) is 4.22. The van der Waals surface area contributed by atoms with E-state index in [0.29, 0.717) is 0 Å². The van der Waals surface area contributed by atoms with Crippen molar-refractivity contribution in [3.63, 3.8) is 0 Å². The minimum absolute atomic E-state index is 0.0763. The van der Waals surface area contributed by atoms with E-state index in [-0.39, 0.29) is 47.7 Å². The fourth-order valence-corrected chi connectivity index (χ4v) is 1.84. The quantitative estimate of drug-likeness (QED) is 0.497. The molecule has 2 aromatic rings. The maximum atomic E-state index is 12.5. The van der Waals surface area contributed by atoms with E-state index >= 15 is 0 Å². The van der Waals surface area contributed by atoms with Crippen LogP contribution in [0.25, 0.3) is 11.0 Å². The Labute approximate surface area is 135 Å². The molecule has 0 atom stereocenters. The summed E-state index contributed by atoms with van der Waals surface area (Å²) in [5, 5.41) is 19.4. The highest BCUT2D eigenvalue weighted by Crippen LogP contribution is 2.27. The van der Waals surface area contributed by atoms with Gasteiger partial charge >= 0.3 is 6.18 Å². The van der Waals surface area contributed by atoms with Crippen molar-refractivity contribution in [3.8, 4) is 0 Å². The number of hydrogen-bond donors (Lipinski definition) is 5. The summed E-state index contributed by atoms with van der Waals surface area (Å²) in [6.07, 6.45) is -4.41. The molecule has 0 fully saturated rings. The van der Waals surface area contributed by atoms with Crippen molar-refractivity contribution in [1.82, 2.24) is 19.9 Å². The van der Waals surface area contributed by atoms with E-state index in [4.69, 9.17) is 5.11 Å². The van der Waals surface area contributed by atoms with Crippen LogP contribution in [0.15, 0.2) is 0 Å². The predicted molar refractivity (Wildman–Crippen MR) is 84.3 cm³/mol. The van der Waals surface area contributed by atoms with Crippen LogP contribution in [0.3, 0.4) is 0 Å². The van der Waals surface area contributed by atoms with Gasteiger partial charge in [0.1, 0.15) is 17.6 Å². The average molecular weight is 346 g/mol. The molecule has 0 saturated carbocycles. The fraction of sp³-hybridized carbons (Fsp3) is 0.500. The fourth-order valence-electron chi connectivity index (χ4n) is 1.84. The number of aliphatic hydroxyl groups is 1. The number of nitrogens with zero attached hydrogens (tertiary/aromatic N) is 4. The lowest BCUT2D eigenvalue weighted by atomic mass is 10.3.